The first kappa shape index (κ1) is 11.5. The number of unbranched alkanes of at least 4 members (excludes halogenated alkanes) is 1. The molecule has 0 bridgehead atoms. The third-order valence-corrected chi connectivity index (χ3v) is 3.33. The molecule has 0 saturated heterocycles. The van der Waals surface area contributed by atoms with Gasteiger partial charge in [0.1, 0.15) is 0 Å². The Morgan fingerprint density at radius 3 is 2.75 bits per heavy atom. The van der Waals surface area contributed by atoms with Crippen LogP contribution in [-0.4, -0.2) is 4.98 Å². The minimum Gasteiger partial charge on any atom is -0.358 e. The number of nitrogens with one attached hydrogen (secondary N) is 1. The van der Waals surface area contributed by atoms with Crippen molar-refractivity contribution in [1.29, 1.82) is 0 Å². The molecule has 2 rings (SSSR count). The molecule has 1 aromatic carbocycles. The first-order valence-corrected chi connectivity index (χ1v) is 6.43. The highest BCUT2D eigenvalue weighted by atomic mass is 35.5. The highest BCUT2D eigenvalue weighted by molar-refractivity contribution is 6.31. The fourth-order valence-electron chi connectivity index (χ4n) is 2.22. The Kier molecular flexibility index (Phi) is 3.55. The molecule has 16 heavy (non-hydrogen) atoms. The molecule has 1 heterocycles. The van der Waals surface area contributed by atoms with Crippen molar-refractivity contribution in [2.45, 2.75) is 39.5 Å². The zero-order chi connectivity index (χ0) is 11.5. The SMILES string of the molecule is CCCCc1c(CC)[nH]c2ccc(Cl)cc12. The van der Waals surface area contributed by atoms with Crippen molar-refractivity contribution >= 4 is 22.5 Å². The molecule has 0 spiro atoms. The second-order valence-corrected chi connectivity index (χ2v) is 4.67. The van der Waals surface area contributed by atoms with Gasteiger partial charge >= 0.3 is 0 Å². The molecule has 2 heteroatoms. The fourth-order valence-corrected chi connectivity index (χ4v) is 2.39. The number of rotatable bonds is 4. The van der Waals surface area contributed by atoms with Gasteiger partial charge in [0.2, 0.25) is 0 Å². The molecule has 1 nitrogen and oxygen atoms in total. The maximum Gasteiger partial charge on any atom is 0.0460 e. The zero-order valence-corrected chi connectivity index (χ0v) is 10.7. The number of H-pyrrole nitrogens is 1. The summed E-state index contributed by atoms with van der Waals surface area (Å²) in [7, 11) is 0. The van der Waals surface area contributed by atoms with Crippen LogP contribution in [0.2, 0.25) is 5.02 Å². The summed E-state index contributed by atoms with van der Waals surface area (Å²) in [6.07, 6.45) is 4.69. The molecule has 2 aromatic rings. The van der Waals surface area contributed by atoms with E-state index in [1.807, 2.05) is 6.07 Å². The van der Waals surface area contributed by atoms with E-state index in [-0.39, 0.29) is 0 Å². The highest BCUT2D eigenvalue weighted by Gasteiger charge is 2.09. The lowest BCUT2D eigenvalue weighted by molar-refractivity contribution is 0.789. The fraction of sp³-hybridized carbons (Fsp3) is 0.429. The summed E-state index contributed by atoms with van der Waals surface area (Å²) in [4.78, 5) is 3.49. The lowest BCUT2D eigenvalue weighted by Crippen LogP contribution is -1.89. The summed E-state index contributed by atoms with van der Waals surface area (Å²) in [5.41, 5.74) is 4.04. The Balaban J connectivity index is 2.52. The Hall–Kier alpha value is -0.950. The van der Waals surface area contributed by atoms with Crippen LogP contribution < -0.4 is 0 Å². The Morgan fingerprint density at radius 1 is 1.25 bits per heavy atom. The van der Waals surface area contributed by atoms with Gasteiger partial charge in [-0.1, -0.05) is 31.9 Å². The maximum absolute atomic E-state index is 6.06. The van der Waals surface area contributed by atoms with E-state index in [0.717, 1.165) is 17.9 Å². The van der Waals surface area contributed by atoms with Gasteiger partial charge in [-0.25, -0.2) is 0 Å². The quantitative estimate of drug-likeness (QED) is 0.789. The van der Waals surface area contributed by atoms with Crippen LogP contribution in [0.5, 0.6) is 0 Å². The van der Waals surface area contributed by atoms with Gasteiger partial charge in [-0.15, -0.1) is 0 Å². The van der Waals surface area contributed by atoms with Crippen LogP contribution in [-0.2, 0) is 12.8 Å². The van der Waals surface area contributed by atoms with E-state index in [1.165, 1.54) is 35.0 Å². The van der Waals surface area contributed by atoms with Crippen LogP contribution in [0.1, 0.15) is 37.9 Å². The van der Waals surface area contributed by atoms with Gasteiger partial charge in [-0.2, -0.15) is 0 Å². The third kappa shape index (κ3) is 2.10. The molecule has 86 valence electrons. The summed E-state index contributed by atoms with van der Waals surface area (Å²) >= 11 is 6.06. The van der Waals surface area contributed by atoms with E-state index in [1.54, 1.807) is 0 Å². The third-order valence-electron chi connectivity index (χ3n) is 3.09. The van der Waals surface area contributed by atoms with Gasteiger partial charge in [0, 0.05) is 21.6 Å². The number of hydrogen-bond donors (Lipinski definition) is 1. The first-order chi connectivity index (χ1) is 7.76. The number of hydrogen-bond acceptors (Lipinski definition) is 0. The molecule has 0 unspecified atom stereocenters. The van der Waals surface area contributed by atoms with Crippen LogP contribution in [0.3, 0.4) is 0 Å². The lowest BCUT2D eigenvalue weighted by atomic mass is 10.0. The monoisotopic (exact) mass is 235 g/mol. The van der Waals surface area contributed by atoms with Crippen LogP contribution in [0, 0.1) is 0 Å². The number of aryl methyl sites for hydroxylation is 2. The van der Waals surface area contributed by atoms with E-state index in [4.69, 9.17) is 11.6 Å². The van der Waals surface area contributed by atoms with Crippen molar-refractivity contribution in [3.8, 4) is 0 Å². The van der Waals surface area contributed by atoms with Crippen LogP contribution in [0.15, 0.2) is 18.2 Å². The molecule has 0 aliphatic carbocycles. The molecule has 0 aliphatic heterocycles. The minimum absolute atomic E-state index is 0.826. The van der Waals surface area contributed by atoms with E-state index < -0.39 is 0 Å². The molecule has 0 radical (unpaired) electrons. The van der Waals surface area contributed by atoms with E-state index in [2.05, 4.69) is 31.0 Å². The van der Waals surface area contributed by atoms with E-state index in [0.29, 0.717) is 0 Å². The molecule has 0 saturated carbocycles. The number of aromatic nitrogens is 1. The maximum atomic E-state index is 6.06. The summed E-state index contributed by atoms with van der Waals surface area (Å²) in [5.74, 6) is 0. The van der Waals surface area contributed by atoms with Crippen molar-refractivity contribution in [2.75, 3.05) is 0 Å². The molecular weight excluding hydrogens is 218 g/mol. The number of benzene rings is 1. The zero-order valence-electron chi connectivity index (χ0n) is 9.94. The molecule has 0 aliphatic rings. The average molecular weight is 236 g/mol. The minimum atomic E-state index is 0.826. The van der Waals surface area contributed by atoms with Crippen molar-refractivity contribution in [1.82, 2.24) is 4.98 Å². The predicted molar refractivity (Wildman–Crippen MR) is 71.3 cm³/mol. The van der Waals surface area contributed by atoms with Gasteiger partial charge < -0.3 is 4.98 Å². The Morgan fingerprint density at radius 2 is 2.06 bits per heavy atom. The summed E-state index contributed by atoms with van der Waals surface area (Å²) in [6, 6.07) is 6.10. The summed E-state index contributed by atoms with van der Waals surface area (Å²) < 4.78 is 0. The van der Waals surface area contributed by atoms with Gasteiger partial charge in [-0.3, -0.25) is 0 Å². The van der Waals surface area contributed by atoms with Crippen molar-refractivity contribution < 1.29 is 0 Å². The normalized spacial score (nSPS) is 11.2. The molecule has 1 N–H and O–H groups in total. The highest BCUT2D eigenvalue weighted by Crippen LogP contribution is 2.27. The van der Waals surface area contributed by atoms with Gasteiger partial charge in [-0.05, 0) is 43.0 Å². The lowest BCUT2D eigenvalue weighted by Gasteiger charge is -2.01. The van der Waals surface area contributed by atoms with Gasteiger partial charge in [0.15, 0.2) is 0 Å². The number of halogens is 1. The first-order valence-electron chi connectivity index (χ1n) is 6.05. The number of fused-ring (bicyclic) bond motifs is 1. The standard InChI is InChI=1S/C14H18ClN/c1-3-5-6-11-12-9-10(15)7-8-14(12)16-13(11)4-2/h7-9,16H,3-6H2,1-2H3. The second-order valence-electron chi connectivity index (χ2n) is 4.23. The van der Waals surface area contributed by atoms with E-state index in [9.17, 15) is 0 Å². The summed E-state index contributed by atoms with van der Waals surface area (Å²) in [6.45, 7) is 4.43. The molecule has 0 fully saturated rings. The Bertz CT molecular complexity index is 485. The van der Waals surface area contributed by atoms with Crippen molar-refractivity contribution in [3.63, 3.8) is 0 Å². The molecular formula is C14H18ClN. The smallest absolute Gasteiger partial charge is 0.0460 e. The summed E-state index contributed by atoms with van der Waals surface area (Å²) in [5, 5.41) is 2.13. The van der Waals surface area contributed by atoms with Gasteiger partial charge in [0.25, 0.3) is 0 Å². The predicted octanol–water partition coefficient (Wildman–Crippen LogP) is 4.73. The van der Waals surface area contributed by atoms with Gasteiger partial charge in [0.05, 0.1) is 0 Å². The molecule has 1 aromatic heterocycles. The van der Waals surface area contributed by atoms with Crippen LogP contribution >= 0.6 is 11.6 Å². The average Bonchev–Trinajstić information content (AvgIpc) is 2.63. The Labute approximate surface area is 102 Å². The number of aromatic amines is 1. The van der Waals surface area contributed by atoms with Crippen molar-refractivity contribution in [3.05, 3.63) is 34.5 Å². The molecule has 0 atom stereocenters. The largest absolute Gasteiger partial charge is 0.358 e. The van der Waals surface area contributed by atoms with Crippen LogP contribution in [0.25, 0.3) is 10.9 Å². The molecule has 0 amide bonds. The van der Waals surface area contributed by atoms with Crippen molar-refractivity contribution in [2.24, 2.45) is 0 Å². The second kappa shape index (κ2) is 4.92. The topological polar surface area (TPSA) is 15.8 Å². The van der Waals surface area contributed by atoms with Crippen LogP contribution in [0.4, 0.5) is 0 Å². The van der Waals surface area contributed by atoms with E-state index >= 15 is 0 Å².